The fourth-order valence-corrected chi connectivity index (χ4v) is 2.72. The third-order valence-corrected chi connectivity index (χ3v) is 3.65. The van der Waals surface area contributed by atoms with Crippen molar-refractivity contribution < 1.29 is 0 Å². The maximum absolute atomic E-state index is 3.53. The molecule has 0 radical (unpaired) electrons. The molecule has 0 aliphatic carbocycles. The van der Waals surface area contributed by atoms with Crippen LogP contribution < -0.4 is 5.32 Å². The SMILES string of the molecule is CN1CCNCC(c2c[nH]c3ccccc23)C1. The highest BCUT2D eigenvalue weighted by atomic mass is 15.1. The summed E-state index contributed by atoms with van der Waals surface area (Å²) in [7, 11) is 2.20. The number of fused-ring (bicyclic) bond motifs is 1. The number of hydrogen-bond donors (Lipinski definition) is 2. The van der Waals surface area contributed by atoms with E-state index < -0.39 is 0 Å². The van der Waals surface area contributed by atoms with Crippen molar-refractivity contribution in [2.75, 3.05) is 33.2 Å². The molecule has 3 nitrogen and oxygen atoms in total. The van der Waals surface area contributed by atoms with Gasteiger partial charge in [-0.2, -0.15) is 0 Å². The lowest BCUT2D eigenvalue weighted by Crippen LogP contribution is -2.24. The van der Waals surface area contributed by atoms with Crippen molar-refractivity contribution in [2.45, 2.75) is 5.92 Å². The maximum Gasteiger partial charge on any atom is 0.0456 e. The zero-order chi connectivity index (χ0) is 11.7. The van der Waals surface area contributed by atoms with Gasteiger partial charge in [0.2, 0.25) is 0 Å². The van der Waals surface area contributed by atoms with E-state index in [0.717, 1.165) is 26.2 Å². The van der Waals surface area contributed by atoms with Crippen molar-refractivity contribution in [2.24, 2.45) is 0 Å². The number of nitrogens with one attached hydrogen (secondary N) is 2. The van der Waals surface area contributed by atoms with E-state index in [4.69, 9.17) is 0 Å². The number of likely N-dealkylation sites (N-methyl/N-ethyl adjacent to an activating group) is 1. The van der Waals surface area contributed by atoms with E-state index in [-0.39, 0.29) is 0 Å². The number of hydrogen-bond acceptors (Lipinski definition) is 2. The Bertz CT molecular complexity index is 503. The number of rotatable bonds is 1. The molecule has 1 atom stereocenters. The molecule has 0 spiro atoms. The Morgan fingerprint density at radius 1 is 1.29 bits per heavy atom. The molecule has 1 aromatic heterocycles. The first-order chi connectivity index (χ1) is 8.34. The molecule has 0 amide bonds. The Morgan fingerprint density at radius 2 is 2.18 bits per heavy atom. The first-order valence-electron chi connectivity index (χ1n) is 6.30. The Morgan fingerprint density at radius 3 is 3.12 bits per heavy atom. The van der Waals surface area contributed by atoms with Gasteiger partial charge in [0.25, 0.3) is 0 Å². The van der Waals surface area contributed by atoms with Gasteiger partial charge < -0.3 is 15.2 Å². The van der Waals surface area contributed by atoms with Crippen LogP contribution in [0.3, 0.4) is 0 Å². The number of nitrogens with zero attached hydrogens (tertiary/aromatic N) is 1. The average molecular weight is 229 g/mol. The first kappa shape index (κ1) is 10.8. The summed E-state index contributed by atoms with van der Waals surface area (Å²) in [6.07, 6.45) is 2.18. The van der Waals surface area contributed by atoms with Crippen molar-refractivity contribution in [1.82, 2.24) is 15.2 Å². The lowest BCUT2D eigenvalue weighted by Gasteiger charge is -2.19. The topological polar surface area (TPSA) is 31.1 Å². The summed E-state index contributed by atoms with van der Waals surface area (Å²) in [4.78, 5) is 5.78. The highest BCUT2D eigenvalue weighted by Crippen LogP contribution is 2.26. The Hall–Kier alpha value is -1.32. The van der Waals surface area contributed by atoms with Crippen molar-refractivity contribution in [3.05, 3.63) is 36.0 Å². The van der Waals surface area contributed by atoms with E-state index in [1.54, 1.807) is 0 Å². The quantitative estimate of drug-likeness (QED) is 0.781. The van der Waals surface area contributed by atoms with Crippen LogP contribution >= 0.6 is 0 Å². The Balaban J connectivity index is 1.96. The molecule has 2 N–H and O–H groups in total. The highest BCUT2D eigenvalue weighted by molar-refractivity contribution is 5.83. The summed E-state index contributed by atoms with van der Waals surface area (Å²) >= 11 is 0. The molecular formula is C14H19N3. The second kappa shape index (κ2) is 4.51. The summed E-state index contributed by atoms with van der Waals surface area (Å²) in [5, 5.41) is 4.90. The lowest BCUT2D eigenvalue weighted by molar-refractivity contribution is 0.343. The summed E-state index contributed by atoms with van der Waals surface area (Å²) in [5.41, 5.74) is 2.69. The van der Waals surface area contributed by atoms with E-state index in [1.807, 2.05) is 0 Å². The summed E-state index contributed by atoms with van der Waals surface area (Å²) in [6, 6.07) is 8.56. The fraction of sp³-hybridized carbons (Fsp3) is 0.429. The van der Waals surface area contributed by atoms with Gasteiger partial charge in [-0.15, -0.1) is 0 Å². The van der Waals surface area contributed by atoms with Crippen LogP contribution in [0.15, 0.2) is 30.5 Å². The molecule has 1 aliphatic heterocycles. The van der Waals surface area contributed by atoms with Gasteiger partial charge >= 0.3 is 0 Å². The zero-order valence-corrected chi connectivity index (χ0v) is 10.2. The van der Waals surface area contributed by atoms with E-state index in [2.05, 4.69) is 52.7 Å². The third kappa shape index (κ3) is 2.08. The Labute approximate surface area is 102 Å². The van der Waals surface area contributed by atoms with Crippen LogP contribution in [-0.4, -0.2) is 43.1 Å². The van der Waals surface area contributed by atoms with Crippen LogP contribution in [0.5, 0.6) is 0 Å². The highest BCUT2D eigenvalue weighted by Gasteiger charge is 2.19. The van der Waals surface area contributed by atoms with Crippen LogP contribution in [0.1, 0.15) is 11.5 Å². The minimum Gasteiger partial charge on any atom is -0.361 e. The summed E-state index contributed by atoms with van der Waals surface area (Å²) in [5.74, 6) is 0.582. The van der Waals surface area contributed by atoms with Crippen molar-refractivity contribution in [1.29, 1.82) is 0 Å². The molecule has 1 fully saturated rings. The molecule has 3 heteroatoms. The average Bonchev–Trinajstić information content (AvgIpc) is 2.66. The van der Waals surface area contributed by atoms with Crippen LogP contribution in [0.2, 0.25) is 0 Å². The van der Waals surface area contributed by atoms with Crippen molar-refractivity contribution >= 4 is 10.9 Å². The first-order valence-corrected chi connectivity index (χ1v) is 6.30. The van der Waals surface area contributed by atoms with E-state index in [1.165, 1.54) is 16.5 Å². The van der Waals surface area contributed by atoms with Gasteiger partial charge in [0, 0.05) is 49.2 Å². The molecule has 2 heterocycles. The third-order valence-electron chi connectivity index (χ3n) is 3.65. The van der Waals surface area contributed by atoms with Gasteiger partial charge in [0.1, 0.15) is 0 Å². The fourth-order valence-electron chi connectivity index (χ4n) is 2.72. The van der Waals surface area contributed by atoms with Gasteiger partial charge in [0.05, 0.1) is 0 Å². The largest absolute Gasteiger partial charge is 0.361 e. The molecule has 90 valence electrons. The predicted octanol–water partition coefficient (Wildman–Crippen LogP) is 1.79. The standard InChI is InChI=1S/C14H19N3/c1-17-7-6-15-8-11(10-17)13-9-16-14-5-3-2-4-12(13)14/h2-5,9,11,15-16H,6-8,10H2,1H3. The minimum atomic E-state index is 0.582. The predicted molar refractivity (Wildman–Crippen MR) is 71.4 cm³/mol. The molecule has 1 aromatic carbocycles. The number of aromatic nitrogens is 1. The minimum absolute atomic E-state index is 0.582. The molecule has 2 aromatic rings. The monoisotopic (exact) mass is 229 g/mol. The molecule has 0 saturated carbocycles. The van der Waals surface area contributed by atoms with Crippen LogP contribution in [0, 0.1) is 0 Å². The molecule has 0 bridgehead atoms. The number of para-hydroxylation sites is 1. The molecule has 1 aliphatic rings. The molecular weight excluding hydrogens is 210 g/mol. The van der Waals surface area contributed by atoms with Gasteiger partial charge in [-0.3, -0.25) is 0 Å². The second-order valence-electron chi connectivity index (χ2n) is 4.95. The van der Waals surface area contributed by atoms with Gasteiger partial charge in [-0.25, -0.2) is 0 Å². The summed E-state index contributed by atoms with van der Waals surface area (Å²) < 4.78 is 0. The van der Waals surface area contributed by atoms with Crippen LogP contribution in [0.4, 0.5) is 0 Å². The van der Waals surface area contributed by atoms with Crippen LogP contribution in [0.25, 0.3) is 10.9 Å². The van der Waals surface area contributed by atoms with Gasteiger partial charge in [-0.05, 0) is 18.7 Å². The number of aromatic amines is 1. The molecule has 1 unspecified atom stereocenters. The number of H-pyrrole nitrogens is 1. The van der Waals surface area contributed by atoms with Crippen molar-refractivity contribution in [3.63, 3.8) is 0 Å². The van der Waals surface area contributed by atoms with Gasteiger partial charge in [0.15, 0.2) is 0 Å². The molecule has 3 rings (SSSR count). The molecule has 1 saturated heterocycles. The second-order valence-corrected chi connectivity index (χ2v) is 4.95. The Kier molecular flexibility index (Phi) is 2.87. The molecule has 17 heavy (non-hydrogen) atoms. The van der Waals surface area contributed by atoms with Gasteiger partial charge in [-0.1, -0.05) is 18.2 Å². The maximum atomic E-state index is 3.53. The number of benzene rings is 1. The van der Waals surface area contributed by atoms with E-state index in [0.29, 0.717) is 5.92 Å². The summed E-state index contributed by atoms with van der Waals surface area (Å²) in [6.45, 7) is 4.44. The smallest absolute Gasteiger partial charge is 0.0456 e. The normalized spacial score (nSPS) is 22.8. The van der Waals surface area contributed by atoms with Crippen molar-refractivity contribution in [3.8, 4) is 0 Å². The van der Waals surface area contributed by atoms with Crippen LogP contribution in [-0.2, 0) is 0 Å². The lowest BCUT2D eigenvalue weighted by atomic mass is 9.98. The van der Waals surface area contributed by atoms with E-state index >= 15 is 0 Å². The zero-order valence-electron chi connectivity index (χ0n) is 10.2. The van der Waals surface area contributed by atoms with E-state index in [9.17, 15) is 0 Å².